The predicted molar refractivity (Wildman–Crippen MR) is 69.7 cm³/mol. The normalized spacial score (nSPS) is 10.7. The number of rotatable bonds is 4. The van der Waals surface area contributed by atoms with Gasteiger partial charge in [0.25, 0.3) is 5.69 Å². The van der Waals surface area contributed by atoms with Crippen molar-refractivity contribution in [1.82, 2.24) is 9.55 Å². The number of aldehydes is 1. The second-order valence-corrected chi connectivity index (χ2v) is 4.43. The minimum Gasteiger partial charge on any atom is -0.303 e. The minimum absolute atomic E-state index is 0.0999. The Morgan fingerprint density at radius 3 is 2.74 bits per heavy atom. The molecule has 6 nitrogen and oxygen atoms in total. The summed E-state index contributed by atoms with van der Waals surface area (Å²) >= 11 is 0. The van der Waals surface area contributed by atoms with E-state index in [0.717, 1.165) is 5.82 Å². The van der Waals surface area contributed by atoms with Crippen molar-refractivity contribution in [2.75, 3.05) is 0 Å². The summed E-state index contributed by atoms with van der Waals surface area (Å²) in [7, 11) is 0. The number of nitrogens with zero attached hydrogens (tertiary/aromatic N) is 3. The summed E-state index contributed by atoms with van der Waals surface area (Å²) < 4.78 is 1.78. The molecule has 0 N–H and O–H groups in total. The van der Waals surface area contributed by atoms with Crippen LogP contribution in [0.3, 0.4) is 0 Å². The van der Waals surface area contributed by atoms with Crippen molar-refractivity contribution in [3.05, 3.63) is 52.1 Å². The molecule has 0 spiro atoms. The van der Waals surface area contributed by atoms with Crippen molar-refractivity contribution in [2.24, 2.45) is 0 Å². The Morgan fingerprint density at radius 2 is 2.16 bits per heavy atom. The molecule has 1 aromatic carbocycles. The molecule has 0 unspecified atom stereocenters. The van der Waals surface area contributed by atoms with Crippen molar-refractivity contribution in [2.45, 2.75) is 19.8 Å². The zero-order valence-corrected chi connectivity index (χ0v) is 10.6. The fourth-order valence-electron chi connectivity index (χ4n) is 1.92. The van der Waals surface area contributed by atoms with Gasteiger partial charge in [0.15, 0.2) is 6.29 Å². The Bertz CT molecular complexity index is 632. The number of non-ortho nitro benzene ring substituents is 1. The summed E-state index contributed by atoms with van der Waals surface area (Å²) in [6.07, 6.45) is 4.00. The van der Waals surface area contributed by atoms with Crippen molar-refractivity contribution < 1.29 is 9.72 Å². The number of hydrogen-bond acceptors (Lipinski definition) is 4. The fourth-order valence-corrected chi connectivity index (χ4v) is 1.92. The number of nitro groups is 1. The number of nitro benzene ring substituents is 1. The van der Waals surface area contributed by atoms with Crippen LogP contribution in [0.1, 0.15) is 35.9 Å². The third-order valence-electron chi connectivity index (χ3n) is 2.79. The first kappa shape index (κ1) is 12.9. The summed E-state index contributed by atoms with van der Waals surface area (Å²) in [5.74, 6) is 0.988. The zero-order chi connectivity index (χ0) is 14.0. The Kier molecular flexibility index (Phi) is 3.41. The molecule has 98 valence electrons. The minimum atomic E-state index is -0.520. The van der Waals surface area contributed by atoms with Crippen LogP contribution in [-0.2, 0) is 0 Å². The highest BCUT2D eigenvalue weighted by atomic mass is 16.6. The van der Waals surface area contributed by atoms with Crippen LogP contribution >= 0.6 is 0 Å². The smallest absolute Gasteiger partial charge is 0.270 e. The SMILES string of the molecule is CC(C)c1nccn1-c1ccc([N+](=O)[O-])cc1C=O. The van der Waals surface area contributed by atoms with Gasteiger partial charge in [-0.05, 0) is 6.07 Å². The lowest BCUT2D eigenvalue weighted by molar-refractivity contribution is -0.384. The first-order chi connectivity index (χ1) is 9.04. The standard InChI is InChI=1S/C13H13N3O3/c1-9(2)13-14-5-6-15(13)12-4-3-11(16(18)19)7-10(12)8-17/h3-9H,1-2H3. The van der Waals surface area contributed by atoms with Gasteiger partial charge in [-0.1, -0.05) is 13.8 Å². The van der Waals surface area contributed by atoms with Crippen LogP contribution in [0, 0.1) is 10.1 Å². The van der Waals surface area contributed by atoms with Gasteiger partial charge >= 0.3 is 0 Å². The van der Waals surface area contributed by atoms with E-state index in [2.05, 4.69) is 4.98 Å². The molecule has 0 atom stereocenters. The van der Waals surface area contributed by atoms with Crippen LogP contribution < -0.4 is 0 Å². The topological polar surface area (TPSA) is 78.0 Å². The Morgan fingerprint density at radius 1 is 1.42 bits per heavy atom. The average Bonchev–Trinajstić information content (AvgIpc) is 2.87. The van der Waals surface area contributed by atoms with Crippen LogP contribution in [-0.4, -0.2) is 20.8 Å². The van der Waals surface area contributed by atoms with Crippen molar-refractivity contribution in [1.29, 1.82) is 0 Å². The van der Waals surface area contributed by atoms with Crippen LogP contribution in [0.15, 0.2) is 30.6 Å². The highest BCUT2D eigenvalue weighted by Gasteiger charge is 2.15. The highest BCUT2D eigenvalue weighted by Crippen LogP contribution is 2.23. The van der Waals surface area contributed by atoms with Crippen LogP contribution in [0.25, 0.3) is 5.69 Å². The summed E-state index contributed by atoms with van der Waals surface area (Å²) in [4.78, 5) is 25.6. The van der Waals surface area contributed by atoms with E-state index in [-0.39, 0.29) is 17.2 Å². The van der Waals surface area contributed by atoms with E-state index in [1.54, 1.807) is 23.0 Å². The van der Waals surface area contributed by atoms with E-state index in [9.17, 15) is 14.9 Å². The van der Waals surface area contributed by atoms with E-state index < -0.39 is 4.92 Å². The molecular weight excluding hydrogens is 246 g/mol. The monoisotopic (exact) mass is 259 g/mol. The zero-order valence-electron chi connectivity index (χ0n) is 10.6. The molecule has 0 fully saturated rings. The lowest BCUT2D eigenvalue weighted by atomic mass is 10.1. The van der Waals surface area contributed by atoms with Gasteiger partial charge in [-0.3, -0.25) is 14.9 Å². The Hall–Kier alpha value is -2.50. The van der Waals surface area contributed by atoms with E-state index >= 15 is 0 Å². The van der Waals surface area contributed by atoms with Crippen LogP contribution in [0.2, 0.25) is 0 Å². The van der Waals surface area contributed by atoms with Crippen molar-refractivity contribution >= 4 is 12.0 Å². The summed E-state index contributed by atoms with van der Waals surface area (Å²) in [6, 6.07) is 4.22. The third-order valence-corrected chi connectivity index (χ3v) is 2.79. The van der Waals surface area contributed by atoms with Gasteiger partial charge in [-0.15, -0.1) is 0 Å². The lowest BCUT2D eigenvalue weighted by Crippen LogP contribution is -2.05. The first-order valence-electron chi connectivity index (χ1n) is 5.82. The summed E-state index contributed by atoms with van der Waals surface area (Å²) in [5, 5.41) is 10.7. The molecule has 2 aromatic rings. The van der Waals surface area contributed by atoms with Crippen molar-refractivity contribution in [3.63, 3.8) is 0 Å². The molecule has 0 bridgehead atoms. The van der Waals surface area contributed by atoms with Gasteiger partial charge in [-0.25, -0.2) is 4.98 Å². The molecule has 0 amide bonds. The van der Waals surface area contributed by atoms with Gasteiger partial charge < -0.3 is 4.57 Å². The molecule has 1 aromatic heterocycles. The molecule has 0 aliphatic rings. The summed E-state index contributed by atoms with van der Waals surface area (Å²) in [5.41, 5.74) is 0.771. The lowest BCUT2D eigenvalue weighted by Gasteiger charge is -2.12. The van der Waals surface area contributed by atoms with E-state index in [1.807, 2.05) is 13.8 Å². The second-order valence-electron chi connectivity index (χ2n) is 4.43. The molecule has 0 radical (unpaired) electrons. The van der Waals surface area contributed by atoms with Gasteiger partial charge in [-0.2, -0.15) is 0 Å². The average molecular weight is 259 g/mol. The van der Waals surface area contributed by atoms with Gasteiger partial charge in [0.05, 0.1) is 10.6 Å². The number of imidazole rings is 1. The maximum absolute atomic E-state index is 11.1. The maximum Gasteiger partial charge on any atom is 0.270 e. The van der Waals surface area contributed by atoms with E-state index in [0.29, 0.717) is 12.0 Å². The molecular formula is C13H13N3O3. The van der Waals surface area contributed by atoms with Crippen LogP contribution in [0.5, 0.6) is 0 Å². The molecule has 2 rings (SSSR count). The molecule has 6 heteroatoms. The second kappa shape index (κ2) is 5.01. The van der Waals surface area contributed by atoms with E-state index in [4.69, 9.17) is 0 Å². The molecule has 1 heterocycles. The van der Waals surface area contributed by atoms with Gasteiger partial charge in [0, 0.05) is 36.0 Å². The van der Waals surface area contributed by atoms with Crippen molar-refractivity contribution in [3.8, 4) is 5.69 Å². The van der Waals surface area contributed by atoms with E-state index in [1.165, 1.54) is 12.1 Å². The highest BCUT2D eigenvalue weighted by molar-refractivity contribution is 5.82. The largest absolute Gasteiger partial charge is 0.303 e. The number of carbonyl (C=O) groups excluding carboxylic acids is 1. The molecule has 0 saturated carbocycles. The molecule has 0 saturated heterocycles. The summed E-state index contributed by atoms with van der Waals surface area (Å²) in [6.45, 7) is 3.98. The number of hydrogen-bond donors (Lipinski definition) is 0. The Labute approximate surface area is 109 Å². The number of carbonyl (C=O) groups is 1. The maximum atomic E-state index is 11.1. The molecule has 0 aliphatic heterocycles. The fraction of sp³-hybridized carbons (Fsp3) is 0.231. The third kappa shape index (κ3) is 2.37. The van der Waals surface area contributed by atoms with Gasteiger partial charge in [0.1, 0.15) is 5.82 Å². The predicted octanol–water partition coefficient (Wildman–Crippen LogP) is 2.72. The van der Waals surface area contributed by atoms with Gasteiger partial charge in [0.2, 0.25) is 0 Å². The molecule has 19 heavy (non-hydrogen) atoms. The Balaban J connectivity index is 2.59. The quantitative estimate of drug-likeness (QED) is 0.480. The number of benzene rings is 1. The first-order valence-corrected chi connectivity index (χ1v) is 5.82. The number of aromatic nitrogens is 2. The molecule has 0 aliphatic carbocycles. The van der Waals surface area contributed by atoms with Crippen LogP contribution in [0.4, 0.5) is 5.69 Å².